The number of hydrogen-bond acceptors (Lipinski definition) is 5. The Balaban J connectivity index is 2.05. The first-order valence-electron chi connectivity index (χ1n) is 11.9. The molecule has 35 heavy (non-hydrogen) atoms. The Hall–Kier alpha value is -3.51. The third-order valence-electron chi connectivity index (χ3n) is 6.31. The first-order chi connectivity index (χ1) is 17.0. The molecule has 0 atom stereocenters. The lowest BCUT2D eigenvalue weighted by molar-refractivity contribution is 0.126. The number of hydrogen-bond donors (Lipinski definition) is 1. The van der Waals surface area contributed by atoms with Crippen molar-refractivity contribution in [2.45, 2.75) is 32.3 Å². The number of nitrogens with zero attached hydrogens (tertiary/aromatic N) is 4. The van der Waals surface area contributed by atoms with Gasteiger partial charge >= 0.3 is 0 Å². The van der Waals surface area contributed by atoms with Crippen LogP contribution in [0.15, 0.2) is 72.8 Å². The van der Waals surface area contributed by atoms with E-state index in [-0.39, 0.29) is 0 Å². The van der Waals surface area contributed by atoms with Crippen molar-refractivity contribution >= 4 is 23.0 Å². The van der Waals surface area contributed by atoms with Crippen molar-refractivity contribution in [3.8, 4) is 12.1 Å². The van der Waals surface area contributed by atoms with Crippen molar-refractivity contribution in [2.24, 2.45) is 0 Å². The van der Waals surface area contributed by atoms with Crippen LogP contribution in [0.25, 0.3) is 0 Å². The van der Waals surface area contributed by atoms with Crippen LogP contribution in [0.5, 0.6) is 0 Å². The molecule has 0 spiro atoms. The van der Waals surface area contributed by atoms with Crippen molar-refractivity contribution in [2.75, 3.05) is 36.0 Å². The summed E-state index contributed by atoms with van der Waals surface area (Å²) in [6.45, 7) is 7.00. The molecule has 1 N–H and O–H groups in total. The van der Waals surface area contributed by atoms with Crippen LogP contribution in [0.2, 0.25) is 5.02 Å². The zero-order valence-electron chi connectivity index (χ0n) is 20.3. The van der Waals surface area contributed by atoms with E-state index in [0.29, 0.717) is 47.6 Å². The van der Waals surface area contributed by atoms with Crippen molar-refractivity contribution in [3.63, 3.8) is 0 Å². The highest BCUT2D eigenvalue weighted by Crippen LogP contribution is 2.41. The Kier molecular flexibility index (Phi) is 9.15. The van der Waals surface area contributed by atoms with Crippen LogP contribution in [-0.2, 0) is 5.60 Å². The van der Waals surface area contributed by atoms with Gasteiger partial charge in [0, 0.05) is 48.1 Å². The van der Waals surface area contributed by atoms with E-state index < -0.39 is 5.60 Å². The zero-order valence-corrected chi connectivity index (χ0v) is 21.0. The van der Waals surface area contributed by atoms with E-state index in [0.717, 1.165) is 24.5 Å². The number of aliphatic hydroxyl groups is 1. The van der Waals surface area contributed by atoms with Gasteiger partial charge in [0.1, 0.15) is 5.60 Å². The van der Waals surface area contributed by atoms with E-state index in [1.54, 1.807) is 6.07 Å². The van der Waals surface area contributed by atoms with Crippen LogP contribution in [-0.4, -0.2) is 31.3 Å². The Labute approximate surface area is 213 Å². The number of rotatable bonds is 11. The van der Waals surface area contributed by atoms with E-state index >= 15 is 0 Å². The summed E-state index contributed by atoms with van der Waals surface area (Å²) in [5, 5.41) is 30.7. The van der Waals surface area contributed by atoms with Gasteiger partial charge in [0.05, 0.1) is 25.0 Å². The second-order valence-corrected chi connectivity index (χ2v) is 8.67. The summed E-state index contributed by atoms with van der Waals surface area (Å²) in [5.74, 6) is 0. The second kappa shape index (κ2) is 12.3. The van der Waals surface area contributed by atoms with Gasteiger partial charge in [-0.05, 0) is 55.3 Å². The smallest absolute Gasteiger partial charge is 0.142 e. The zero-order chi connectivity index (χ0) is 25.3. The molecule has 180 valence electrons. The Bertz CT molecular complexity index is 1110. The molecule has 0 amide bonds. The monoisotopic (exact) mass is 486 g/mol. The van der Waals surface area contributed by atoms with Gasteiger partial charge in [0.15, 0.2) is 0 Å². The van der Waals surface area contributed by atoms with Crippen molar-refractivity contribution < 1.29 is 5.11 Å². The Morgan fingerprint density at radius 1 is 0.743 bits per heavy atom. The molecule has 0 heterocycles. The van der Waals surface area contributed by atoms with E-state index in [1.807, 2.05) is 66.7 Å². The maximum Gasteiger partial charge on any atom is 0.142 e. The summed E-state index contributed by atoms with van der Waals surface area (Å²) in [6, 6.07) is 27.4. The molecular weight excluding hydrogens is 456 g/mol. The molecule has 0 fully saturated rings. The average Bonchev–Trinajstić information content (AvgIpc) is 2.90. The molecule has 0 aliphatic heterocycles. The topological polar surface area (TPSA) is 74.3 Å². The van der Waals surface area contributed by atoms with Gasteiger partial charge in [-0.15, -0.1) is 0 Å². The fourth-order valence-electron chi connectivity index (χ4n) is 4.37. The predicted molar refractivity (Wildman–Crippen MR) is 143 cm³/mol. The predicted octanol–water partition coefficient (Wildman–Crippen LogP) is 6.10. The highest BCUT2D eigenvalue weighted by molar-refractivity contribution is 6.31. The molecule has 3 rings (SSSR count). The molecule has 3 aromatic rings. The van der Waals surface area contributed by atoms with E-state index in [9.17, 15) is 5.11 Å². The standard InChI is InChI=1S/C29H31ClN4O/c1-3-33(21-7-19-31)25-15-11-23(12-16-25)29(35,27-9-5-6-10-28(27)30)24-13-17-26(18-14-24)34(4-2)22-8-20-32/h5-6,9-18,35H,3-4,7-8,21-22H2,1-2H3. The first kappa shape index (κ1) is 26.1. The van der Waals surface area contributed by atoms with Gasteiger partial charge in [0.2, 0.25) is 0 Å². The molecule has 5 nitrogen and oxygen atoms in total. The average molecular weight is 487 g/mol. The lowest BCUT2D eigenvalue weighted by atomic mass is 9.80. The fourth-order valence-corrected chi connectivity index (χ4v) is 4.64. The van der Waals surface area contributed by atoms with Crippen LogP contribution in [0.1, 0.15) is 43.4 Å². The van der Waals surface area contributed by atoms with Crippen LogP contribution in [0, 0.1) is 22.7 Å². The number of benzene rings is 3. The largest absolute Gasteiger partial charge is 0.376 e. The molecule has 0 saturated carbocycles. The molecule has 0 saturated heterocycles. The summed E-state index contributed by atoms with van der Waals surface area (Å²) < 4.78 is 0. The first-order valence-corrected chi connectivity index (χ1v) is 12.3. The molecule has 0 bridgehead atoms. The number of nitriles is 2. The van der Waals surface area contributed by atoms with Crippen molar-refractivity contribution in [3.05, 3.63) is 94.5 Å². The minimum atomic E-state index is -1.46. The van der Waals surface area contributed by atoms with Crippen molar-refractivity contribution in [1.82, 2.24) is 0 Å². The lowest BCUT2D eigenvalue weighted by Gasteiger charge is -2.32. The highest BCUT2D eigenvalue weighted by atomic mass is 35.5. The fraction of sp³-hybridized carbons (Fsp3) is 0.310. The van der Waals surface area contributed by atoms with Gasteiger partial charge in [-0.25, -0.2) is 0 Å². The maximum absolute atomic E-state index is 12.3. The van der Waals surface area contributed by atoms with Crippen molar-refractivity contribution in [1.29, 1.82) is 10.5 Å². The summed E-state index contributed by atoms with van der Waals surface area (Å²) in [5.41, 5.74) is 2.56. The molecule has 0 aromatic heterocycles. The molecule has 0 unspecified atom stereocenters. The molecule has 0 radical (unpaired) electrons. The summed E-state index contributed by atoms with van der Waals surface area (Å²) in [4.78, 5) is 4.27. The van der Waals surface area contributed by atoms with Crippen LogP contribution >= 0.6 is 11.6 Å². The SMILES string of the molecule is CCN(CCC#N)c1ccc(C(O)(c2ccc(N(CC)CCC#N)cc2)c2ccccc2Cl)cc1. The van der Waals surface area contributed by atoms with Crippen LogP contribution in [0.3, 0.4) is 0 Å². The van der Waals surface area contributed by atoms with Gasteiger partial charge in [-0.1, -0.05) is 54.1 Å². The summed E-state index contributed by atoms with van der Waals surface area (Å²) >= 11 is 6.59. The number of halogens is 1. The molecule has 0 aliphatic carbocycles. The molecule has 3 aromatic carbocycles. The lowest BCUT2D eigenvalue weighted by Crippen LogP contribution is -2.30. The minimum Gasteiger partial charge on any atom is -0.376 e. The van der Waals surface area contributed by atoms with Crippen LogP contribution in [0.4, 0.5) is 11.4 Å². The van der Waals surface area contributed by atoms with Crippen LogP contribution < -0.4 is 9.80 Å². The Morgan fingerprint density at radius 2 is 1.17 bits per heavy atom. The maximum atomic E-state index is 12.3. The quantitative estimate of drug-likeness (QED) is 0.331. The summed E-state index contributed by atoms with van der Waals surface area (Å²) in [6.07, 6.45) is 0.906. The van der Waals surface area contributed by atoms with Gasteiger partial charge in [-0.3, -0.25) is 0 Å². The van der Waals surface area contributed by atoms with Gasteiger partial charge in [0.25, 0.3) is 0 Å². The van der Waals surface area contributed by atoms with E-state index in [2.05, 4.69) is 35.8 Å². The molecule has 0 aliphatic rings. The highest BCUT2D eigenvalue weighted by Gasteiger charge is 2.35. The van der Waals surface area contributed by atoms with E-state index in [1.165, 1.54) is 0 Å². The third kappa shape index (κ3) is 5.77. The number of anilines is 2. The van der Waals surface area contributed by atoms with E-state index in [4.69, 9.17) is 22.1 Å². The Morgan fingerprint density at radius 3 is 1.54 bits per heavy atom. The van der Waals surface area contributed by atoms with Gasteiger partial charge < -0.3 is 14.9 Å². The second-order valence-electron chi connectivity index (χ2n) is 8.26. The van der Waals surface area contributed by atoms with Gasteiger partial charge in [-0.2, -0.15) is 10.5 Å². The summed E-state index contributed by atoms with van der Waals surface area (Å²) in [7, 11) is 0. The molecule has 6 heteroatoms. The minimum absolute atomic E-state index is 0.453. The molecular formula is C29H31ClN4O. The normalized spacial score (nSPS) is 10.9. The third-order valence-corrected chi connectivity index (χ3v) is 6.64.